The van der Waals surface area contributed by atoms with E-state index < -0.39 is 20.5 Å². The van der Waals surface area contributed by atoms with E-state index in [1.165, 1.54) is 5.56 Å². The van der Waals surface area contributed by atoms with Gasteiger partial charge in [-0.2, -0.15) is 0 Å². The summed E-state index contributed by atoms with van der Waals surface area (Å²) < 4.78 is 30.9. The van der Waals surface area contributed by atoms with Gasteiger partial charge in [0.15, 0.2) is 20.4 Å². The molecule has 218 valence electrons. The number of hydrogen-bond donors (Lipinski definition) is 2. The van der Waals surface area contributed by atoms with Gasteiger partial charge in [0.25, 0.3) is 5.91 Å². The molecule has 2 N–H and O–H groups in total. The number of benzene rings is 2. The summed E-state index contributed by atoms with van der Waals surface area (Å²) >= 11 is 0. The van der Waals surface area contributed by atoms with Crippen LogP contribution in [0.3, 0.4) is 0 Å². The number of nitrogens with one attached hydrogen (secondary N) is 1. The van der Waals surface area contributed by atoms with Crippen molar-refractivity contribution in [3.8, 4) is 0 Å². The lowest BCUT2D eigenvalue weighted by Crippen LogP contribution is -2.58. The first-order valence-electron chi connectivity index (χ1n) is 14.1. The molecular weight excluding hydrogens is 530 g/mol. The van der Waals surface area contributed by atoms with Gasteiger partial charge in [-0.25, -0.2) is 13.9 Å². The number of aryl methyl sites for hydroxylation is 1. The standard InChI is InChI=1S/C30H41N3O6S/c1-3-4-23-5-7-24(8-6-23)28(34)25-13-17-33(18-14-25)26-9-11-27(12-10-26)40(37,38)30(29(35)31-36)15-19-32(20-16-30)21-22-39-2/h5-12,25,36H,3-4,13-22H2,1-2H3,(H,31,35). The molecule has 2 aliphatic heterocycles. The molecule has 2 aliphatic rings. The van der Waals surface area contributed by atoms with E-state index in [0.717, 1.165) is 36.9 Å². The first kappa shape index (κ1) is 30.2. The lowest BCUT2D eigenvalue weighted by molar-refractivity contribution is -0.133. The van der Waals surface area contributed by atoms with Crippen LogP contribution in [-0.2, 0) is 25.8 Å². The number of sulfone groups is 1. The van der Waals surface area contributed by atoms with Gasteiger partial charge in [0.1, 0.15) is 0 Å². The Morgan fingerprint density at radius 1 is 1.00 bits per heavy atom. The molecule has 1 amide bonds. The van der Waals surface area contributed by atoms with Crippen molar-refractivity contribution in [3.63, 3.8) is 0 Å². The highest BCUT2D eigenvalue weighted by Crippen LogP contribution is 2.37. The van der Waals surface area contributed by atoms with Gasteiger partial charge in [-0.15, -0.1) is 0 Å². The minimum absolute atomic E-state index is 0.0282. The Morgan fingerprint density at radius 2 is 1.62 bits per heavy atom. The van der Waals surface area contributed by atoms with Crippen molar-refractivity contribution in [1.82, 2.24) is 10.4 Å². The summed E-state index contributed by atoms with van der Waals surface area (Å²) in [5.41, 5.74) is 4.49. The molecule has 2 heterocycles. The zero-order chi connectivity index (χ0) is 28.8. The number of methoxy groups -OCH3 is 1. The molecule has 0 aromatic heterocycles. The number of carbonyl (C=O) groups is 2. The molecule has 40 heavy (non-hydrogen) atoms. The molecule has 9 nitrogen and oxygen atoms in total. The molecule has 0 aliphatic carbocycles. The molecule has 0 unspecified atom stereocenters. The van der Waals surface area contributed by atoms with Gasteiger partial charge in [0.2, 0.25) is 0 Å². The molecule has 2 saturated heterocycles. The van der Waals surface area contributed by atoms with E-state index >= 15 is 0 Å². The fraction of sp³-hybridized carbons (Fsp3) is 0.533. The number of hydrogen-bond acceptors (Lipinski definition) is 8. The van der Waals surface area contributed by atoms with Gasteiger partial charge in [0.05, 0.1) is 11.5 Å². The normalized spacial score (nSPS) is 18.4. The van der Waals surface area contributed by atoms with E-state index in [-0.39, 0.29) is 29.4 Å². The van der Waals surface area contributed by atoms with Crippen molar-refractivity contribution >= 4 is 27.2 Å². The molecule has 10 heteroatoms. The highest BCUT2D eigenvalue weighted by atomic mass is 32.2. The third kappa shape index (κ3) is 6.25. The highest BCUT2D eigenvalue weighted by molar-refractivity contribution is 7.93. The Hall–Kier alpha value is -2.79. The second kappa shape index (κ2) is 13.2. The molecule has 2 aromatic rings. The van der Waals surface area contributed by atoms with Crippen molar-refractivity contribution in [3.05, 3.63) is 59.7 Å². The molecule has 0 spiro atoms. The number of carbonyl (C=O) groups excluding carboxylic acids is 2. The van der Waals surface area contributed by atoms with Crippen molar-refractivity contribution in [2.45, 2.75) is 55.1 Å². The molecule has 0 atom stereocenters. The number of piperidine rings is 2. The van der Waals surface area contributed by atoms with Gasteiger partial charge in [0, 0.05) is 57.0 Å². The summed E-state index contributed by atoms with van der Waals surface area (Å²) in [5.74, 6) is -0.737. The second-order valence-corrected chi connectivity index (χ2v) is 13.1. The van der Waals surface area contributed by atoms with E-state index in [9.17, 15) is 23.2 Å². The number of rotatable bonds is 11. The molecule has 2 fully saturated rings. The van der Waals surface area contributed by atoms with E-state index in [0.29, 0.717) is 39.3 Å². The summed E-state index contributed by atoms with van der Waals surface area (Å²) in [6.45, 7) is 5.52. The number of amides is 1. The van der Waals surface area contributed by atoms with Crippen LogP contribution in [0.25, 0.3) is 0 Å². The number of hydroxylamine groups is 1. The Kier molecular flexibility index (Phi) is 9.99. The second-order valence-electron chi connectivity index (χ2n) is 10.8. The van der Waals surface area contributed by atoms with Gasteiger partial charge in [-0.05, 0) is 61.9 Å². The molecule has 2 aromatic carbocycles. The number of ketones is 1. The van der Waals surface area contributed by atoms with Crippen LogP contribution < -0.4 is 10.4 Å². The van der Waals surface area contributed by atoms with Gasteiger partial charge >= 0.3 is 0 Å². The highest BCUT2D eigenvalue weighted by Gasteiger charge is 2.52. The summed E-state index contributed by atoms with van der Waals surface area (Å²) in [4.78, 5) is 30.1. The van der Waals surface area contributed by atoms with Gasteiger partial charge in [-0.1, -0.05) is 37.6 Å². The van der Waals surface area contributed by atoms with Crippen LogP contribution in [0.4, 0.5) is 5.69 Å². The zero-order valence-electron chi connectivity index (χ0n) is 23.5. The van der Waals surface area contributed by atoms with Crippen LogP contribution in [0.1, 0.15) is 54.9 Å². The fourth-order valence-electron chi connectivity index (χ4n) is 5.90. The topological polar surface area (TPSA) is 116 Å². The molecule has 0 bridgehead atoms. The smallest absolute Gasteiger partial charge is 0.265 e. The summed E-state index contributed by atoms with van der Waals surface area (Å²) in [6.07, 6.45) is 3.71. The third-order valence-corrected chi connectivity index (χ3v) is 11.0. The van der Waals surface area contributed by atoms with Crippen LogP contribution in [-0.4, -0.2) is 81.4 Å². The predicted molar refractivity (Wildman–Crippen MR) is 154 cm³/mol. The van der Waals surface area contributed by atoms with Crippen molar-refractivity contribution in [2.24, 2.45) is 5.92 Å². The third-order valence-electron chi connectivity index (χ3n) is 8.46. The van der Waals surface area contributed by atoms with Crippen LogP contribution in [0, 0.1) is 5.92 Å². The summed E-state index contributed by atoms with van der Waals surface area (Å²) in [5, 5.41) is 9.42. The van der Waals surface area contributed by atoms with Crippen LogP contribution in [0.5, 0.6) is 0 Å². The Balaban J connectivity index is 1.41. The van der Waals surface area contributed by atoms with Crippen LogP contribution in [0.2, 0.25) is 0 Å². The maximum atomic E-state index is 13.8. The van der Waals surface area contributed by atoms with Crippen molar-refractivity contribution < 1.29 is 28.0 Å². The van der Waals surface area contributed by atoms with E-state index in [2.05, 4.69) is 16.7 Å². The number of nitrogens with zero attached hydrogens (tertiary/aromatic N) is 2. The van der Waals surface area contributed by atoms with Crippen molar-refractivity contribution in [2.75, 3.05) is 51.3 Å². The quantitative estimate of drug-likeness (QED) is 0.239. The first-order chi connectivity index (χ1) is 19.3. The Morgan fingerprint density at radius 3 is 2.17 bits per heavy atom. The lowest BCUT2D eigenvalue weighted by atomic mass is 9.88. The minimum atomic E-state index is -4.08. The maximum absolute atomic E-state index is 13.8. The average molecular weight is 572 g/mol. The Labute approximate surface area is 237 Å². The molecule has 4 rings (SSSR count). The monoisotopic (exact) mass is 571 g/mol. The number of likely N-dealkylation sites (tertiary alicyclic amines) is 1. The maximum Gasteiger partial charge on any atom is 0.265 e. The number of Topliss-reactive ketones (excluding diaryl/α,β-unsaturated/α-hetero) is 1. The van der Waals surface area contributed by atoms with Crippen molar-refractivity contribution in [1.29, 1.82) is 0 Å². The molecular formula is C30H41N3O6S. The largest absolute Gasteiger partial charge is 0.383 e. The predicted octanol–water partition coefficient (Wildman–Crippen LogP) is 3.50. The summed E-state index contributed by atoms with van der Waals surface area (Å²) in [7, 11) is -2.47. The molecule has 0 saturated carbocycles. The van der Waals surface area contributed by atoms with Gasteiger partial charge in [-0.3, -0.25) is 14.8 Å². The lowest BCUT2D eigenvalue weighted by Gasteiger charge is -2.39. The van der Waals surface area contributed by atoms with E-state index in [1.54, 1.807) is 36.9 Å². The summed E-state index contributed by atoms with van der Waals surface area (Å²) in [6, 6.07) is 14.6. The van der Waals surface area contributed by atoms with Crippen LogP contribution in [0.15, 0.2) is 53.4 Å². The molecule has 0 radical (unpaired) electrons. The van der Waals surface area contributed by atoms with E-state index in [4.69, 9.17) is 4.74 Å². The van der Waals surface area contributed by atoms with Gasteiger partial charge < -0.3 is 14.5 Å². The average Bonchev–Trinajstić information content (AvgIpc) is 3.00. The number of anilines is 1. The Bertz CT molecular complexity index is 1250. The fourth-order valence-corrected chi connectivity index (χ4v) is 7.85. The minimum Gasteiger partial charge on any atom is -0.383 e. The zero-order valence-corrected chi connectivity index (χ0v) is 24.3. The first-order valence-corrected chi connectivity index (χ1v) is 15.6. The van der Waals surface area contributed by atoms with E-state index in [1.807, 2.05) is 24.3 Å². The SMILES string of the molecule is CCCc1ccc(C(=O)C2CCN(c3ccc(S(=O)(=O)C4(C(=O)NO)CCN(CCOC)CC4)cc3)CC2)cc1. The van der Waals surface area contributed by atoms with Crippen LogP contribution >= 0.6 is 0 Å². The number of ether oxygens (including phenoxy) is 1.